The number of carboxylic acid groups (broad SMARTS) is 1. The second-order valence-electron chi connectivity index (χ2n) is 27.5. The maximum Gasteiger partial charge on any atom is 0.312 e. The van der Waals surface area contributed by atoms with Gasteiger partial charge in [-0.15, -0.1) is 0 Å². The maximum atomic E-state index is 14.4. The molecule has 2 spiro atoms. The number of halogens is 2. The third kappa shape index (κ3) is 16.8. The summed E-state index contributed by atoms with van der Waals surface area (Å²) >= 11 is 12.4. The van der Waals surface area contributed by atoms with E-state index in [0.717, 1.165) is 62.5 Å². The van der Waals surface area contributed by atoms with Crippen LogP contribution in [-0.4, -0.2) is 128 Å². The number of fused-ring (bicyclic) bond motifs is 4. The normalized spacial score (nSPS) is 31.2. The number of rotatable bonds is 8. The van der Waals surface area contributed by atoms with Crippen LogP contribution in [0.2, 0.25) is 10.0 Å². The lowest BCUT2D eigenvalue weighted by Crippen LogP contribution is -2.46. The van der Waals surface area contributed by atoms with Crippen LogP contribution in [0.25, 0.3) is 0 Å². The van der Waals surface area contributed by atoms with E-state index in [1.807, 2.05) is 48.6 Å². The Hall–Kier alpha value is -6.40. The molecule has 6 aliphatic heterocycles. The van der Waals surface area contributed by atoms with Crippen LogP contribution in [0.1, 0.15) is 196 Å². The molecular formula is C69H92Cl2N4O14. The van der Waals surface area contributed by atoms with Crippen LogP contribution >= 0.6 is 23.2 Å². The Balaban J connectivity index is 0.000000248. The minimum atomic E-state index is -1.16. The van der Waals surface area contributed by atoms with E-state index in [-0.39, 0.29) is 102 Å². The number of oxime groups is 2. The Kier molecular flexibility index (Phi) is 22.4. The lowest BCUT2D eigenvalue weighted by Gasteiger charge is -2.29. The van der Waals surface area contributed by atoms with E-state index in [0.29, 0.717) is 60.0 Å². The quantitative estimate of drug-likeness (QED) is 0.147. The minimum absolute atomic E-state index is 0. The lowest BCUT2D eigenvalue weighted by atomic mass is 9.87. The number of esters is 3. The Morgan fingerprint density at radius 1 is 0.607 bits per heavy atom. The molecule has 0 unspecified atom stereocenters. The van der Waals surface area contributed by atoms with E-state index in [1.54, 1.807) is 64.6 Å². The van der Waals surface area contributed by atoms with Gasteiger partial charge < -0.3 is 38.8 Å². The number of aliphatic carboxylic acids is 1. The molecule has 2 saturated heterocycles. The topological polar surface area (TPSA) is 234 Å². The van der Waals surface area contributed by atoms with E-state index in [4.69, 9.17) is 47.1 Å². The van der Waals surface area contributed by atoms with Crippen LogP contribution in [0.5, 0.6) is 0 Å². The van der Waals surface area contributed by atoms with Gasteiger partial charge in [0.1, 0.15) is 11.2 Å². The zero-order valence-corrected chi connectivity index (χ0v) is 52.8. The summed E-state index contributed by atoms with van der Waals surface area (Å²) in [7, 11) is 1.35. The fourth-order valence-corrected chi connectivity index (χ4v) is 14.1. The van der Waals surface area contributed by atoms with E-state index in [9.17, 15) is 43.5 Å². The number of hydrogen-bond acceptors (Lipinski definition) is 15. The lowest BCUT2D eigenvalue weighted by molar-refractivity contribution is -0.159. The van der Waals surface area contributed by atoms with Gasteiger partial charge in [0, 0.05) is 71.5 Å². The number of allylic oxidation sites excluding steroid dienone is 4. The SMILES string of the molecule is C.C.CC(C)(C)OC(=O)C[C@H]1CCCCC/C=C\[C@@H]2C[C@@]2(C(=O)O)CC(=O)[C@@H]2C[C@]3(CC(c4cccc(Cl)c4)=NO3)CN2C1=O.COC(=O)[C@]12CC(=O)[C@@H]3C[C@]4(CC(c5cccc(Cl)c5)=NO4)CN3C(=O)[C@@H](CC(=O)OC(C)(C)C)CCCCC/C=C\[C@@H]1C2. The number of nitrogens with zero attached hydrogens (tertiary/aromatic N) is 4. The second-order valence-corrected chi connectivity index (χ2v) is 28.4. The Morgan fingerprint density at radius 2 is 1.02 bits per heavy atom. The second kappa shape index (κ2) is 28.4. The fourth-order valence-electron chi connectivity index (χ4n) is 13.7. The number of amides is 2. The van der Waals surface area contributed by atoms with Gasteiger partial charge in [0.25, 0.3) is 0 Å². The number of benzene rings is 2. The van der Waals surface area contributed by atoms with Gasteiger partial charge >= 0.3 is 23.9 Å². The standard InChI is InChI=1S/C34H43ClN2O7.C33H41ClN2O7.2CH4/c1-32(2,3)43-29(39)16-23-11-8-6-5-7-9-13-24-17-34(24,31(41)42-4)20-28(38)27-19-33(21-37(27)30(23)40)18-26(36-44-33)22-12-10-14-25(35)15-22;1-31(2,3)42-28(38)15-22-10-7-5-4-6-8-12-23-16-33(23,30(40)41)19-27(37)26-18-32(20-36(26)29(22)39)17-25(35-43-32)21-11-9-13-24(34)14-21;;/h9-10,12-15,23-24,27H,5-8,11,16-21H2,1-4H3;8-9,11-14,22-23,26H,4-7,10,15-20H2,1-3H3,(H,40,41);2*1H4/b13-9-;12-8-;;/t23-,24-,27+,33-,34-;22-,23-,26+,32-,33-;;/m11../s1. The van der Waals surface area contributed by atoms with Crippen molar-refractivity contribution >= 4 is 81.9 Å². The number of Topliss-reactive ketones (excluding diaryl/α,β-unsaturated/α-hetero) is 2. The largest absolute Gasteiger partial charge is 0.481 e. The molecule has 20 heteroatoms. The summed E-state index contributed by atoms with van der Waals surface area (Å²) in [6, 6.07) is 12.9. The molecule has 1 N–H and O–H groups in total. The van der Waals surface area contributed by atoms with Crippen LogP contribution in [0.3, 0.4) is 0 Å². The van der Waals surface area contributed by atoms with Crippen molar-refractivity contribution in [3.8, 4) is 0 Å². The monoisotopic (exact) mass is 1270 g/mol. The molecule has 486 valence electrons. The third-order valence-electron chi connectivity index (χ3n) is 18.3. The van der Waals surface area contributed by atoms with Crippen molar-refractivity contribution in [3.05, 3.63) is 94.0 Å². The summed E-state index contributed by atoms with van der Waals surface area (Å²) in [4.78, 5) is 123. The molecule has 8 aliphatic rings. The van der Waals surface area contributed by atoms with E-state index >= 15 is 0 Å². The van der Waals surface area contributed by atoms with Crippen molar-refractivity contribution in [3.63, 3.8) is 0 Å². The molecule has 0 bridgehead atoms. The smallest absolute Gasteiger partial charge is 0.312 e. The molecule has 4 fully saturated rings. The van der Waals surface area contributed by atoms with Crippen LogP contribution in [-0.2, 0) is 62.2 Å². The number of ether oxygens (including phenoxy) is 3. The molecule has 2 aliphatic carbocycles. The molecule has 0 radical (unpaired) electrons. The van der Waals surface area contributed by atoms with Crippen molar-refractivity contribution in [1.29, 1.82) is 0 Å². The van der Waals surface area contributed by atoms with Crippen LogP contribution in [0.4, 0.5) is 0 Å². The molecule has 2 saturated carbocycles. The molecular weight excluding hydrogens is 1180 g/mol. The molecule has 10 rings (SSSR count). The summed E-state index contributed by atoms with van der Waals surface area (Å²) < 4.78 is 16.3. The highest BCUT2D eigenvalue weighted by Crippen LogP contribution is 2.59. The highest BCUT2D eigenvalue weighted by atomic mass is 35.5. The number of ketones is 2. The minimum Gasteiger partial charge on any atom is -0.481 e. The number of carboxylic acids is 1. The van der Waals surface area contributed by atoms with Crippen LogP contribution in [0.15, 0.2) is 83.1 Å². The Morgan fingerprint density at radius 3 is 1.43 bits per heavy atom. The molecule has 6 heterocycles. The van der Waals surface area contributed by atoms with Crippen molar-refractivity contribution in [2.24, 2.45) is 44.8 Å². The molecule has 0 aromatic heterocycles. The average Bonchev–Trinajstić information content (AvgIpc) is 1.75. The van der Waals surface area contributed by atoms with Crippen molar-refractivity contribution in [1.82, 2.24) is 9.80 Å². The van der Waals surface area contributed by atoms with E-state index in [2.05, 4.69) is 16.4 Å². The summed E-state index contributed by atoms with van der Waals surface area (Å²) in [6.07, 6.45) is 17.6. The molecule has 2 amide bonds. The predicted octanol–water partition coefficient (Wildman–Crippen LogP) is 12.8. The highest BCUT2D eigenvalue weighted by molar-refractivity contribution is 6.31. The van der Waals surface area contributed by atoms with Gasteiger partial charge in [0.15, 0.2) is 22.8 Å². The zero-order valence-electron chi connectivity index (χ0n) is 51.2. The fraction of sp³-hybridized carbons (Fsp3) is 0.623. The van der Waals surface area contributed by atoms with Crippen LogP contribution < -0.4 is 0 Å². The van der Waals surface area contributed by atoms with Crippen molar-refractivity contribution in [2.75, 3.05) is 20.2 Å². The highest BCUT2D eigenvalue weighted by Gasteiger charge is 2.64. The number of hydrogen-bond donors (Lipinski definition) is 1. The predicted molar refractivity (Wildman–Crippen MR) is 339 cm³/mol. The number of methoxy groups -OCH3 is 1. The number of carbonyl (C=O) groups excluding carboxylic acids is 7. The Bertz CT molecular complexity index is 3130. The average molecular weight is 1270 g/mol. The van der Waals surface area contributed by atoms with E-state index < -0.39 is 81.0 Å². The molecule has 2 aromatic rings. The first-order valence-electron chi connectivity index (χ1n) is 30.9. The van der Waals surface area contributed by atoms with Crippen molar-refractivity contribution < 1.29 is 67.3 Å². The first-order valence-corrected chi connectivity index (χ1v) is 31.7. The van der Waals surface area contributed by atoms with Crippen molar-refractivity contribution in [2.45, 2.75) is 219 Å². The summed E-state index contributed by atoms with van der Waals surface area (Å²) in [5.74, 6) is -4.96. The van der Waals surface area contributed by atoms with Gasteiger partial charge in [0.05, 0.1) is 67.4 Å². The third-order valence-corrected chi connectivity index (χ3v) is 18.8. The number of carbonyl (C=O) groups is 8. The first-order chi connectivity index (χ1) is 41.2. The molecule has 2 aromatic carbocycles. The van der Waals surface area contributed by atoms with Crippen LogP contribution in [0, 0.1) is 34.5 Å². The van der Waals surface area contributed by atoms with Gasteiger partial charge in [-0.25, -0.2) is 0 Å². The van der Waals surface area contributed by atoms with Gasteiger partial charge in [-0.3, -0.25) is 38.4 Å². The molecule has 10 atom stereocenters. The van der Waals surface area contributed by atoms with Gasteiger partial charge in [0.2, 0.25) is 11.8 Å². The van der Waals surface area contributed by atoms with Gasteiger partial charge in [-0.1, -0.05) is 123 Å². The van der Waals surface area contributed by atoms with Gasteiger partial charge in [-0.2, -0.15) is 0 Å². The van der Waals surface area contributed by atoms with E-state index in [1.165, 1.54) is 12.0 Å². The summed E-state index contributed by atoms with van der Waals surface area (Å²) in [5, 5.41) is 20.0. The molecule has 89 heavy (non-hydrogen) atoms. The summed E-state index contributed by atoms with van der Waals surface area (Å²) in [6.45, 7) is 11.0. The first kappa shape index (κ1) is 70.1. The Labute approximate surface area is 534 Å². The van der Waals surface area contributed by atoms with Gasteiger partial charge in [-0.05, 0) is 129 Å². The summed E-state index contributed by atoms with van der Waals surface area (Å²) in [5.41, 5.74) is -2.33. The maximum absolute atomic E-state index is 14.4. The molecule has 18 nitrogen and oxygen atoms in total. The zero-order chi connectivity index (χ0) is 62.7.